The fraction of sp³-hybridized carbons (Fsp3) is 0.400. The van der Waals surface area contributed by atoms with Crippen LogP contribution in [0.1, 0.15) is 36.8 Å². The van der Waals surface area contributed by atoms with E-state index < -0.39 is 0 Å². The lowest BCUT2D eigenvalue weighted by atomic mass is 9.85. The smallest absolute Gasteiger partial charge is 0.224 e. The molecule has 2 aromatic rings. The van der Waals surface area contributed by atoms with Crippen LogP contribution in [0, 0.1) is 23.1 Å². The first-order valence-electron chi connectivity index (χ1n) is 9.36. The molecular weight excluding hydrogens is 359 g/mol. The Morgan fingerprint density at radius 2 is 1.96 bits per heavy atom. The van der Waals surface area contributed by atoms with Gasteiger partial charge in [0.15, 0.2) is 0 Å². The third kappa shape index (κ3) is 5.16. The second-order valence-corrected chi connectivity index (χ2v) is 6.97. The van der Waals surface area contributed by atoms with Gasteiger partial charge in [-0.1, -0.05) is 12.1 Å². The molecule has 1 amide bonds. The summed E-state index contributed by atoms with van der Waals surface area (Å²) in [5.74, 6) is 0.347. The van der Waals surface area contributed by atoms with Crippen LogP contribution < -0.4 is 16.4 Å². The molecule has 1 aliphatic rings. The summed E-state index contributed by atoms with van der Waals surface area (Å²) in [5, 5.41) is 15.8. The number of aromatic nitrogens is 2. The Kier molecular flexibility index (Phi) is 6.37. The molecule has 0 atom stereocenters. The van der Waals surface area contributed by atoms with Crippen LogP contribution in [0.2, 0.25) is 0 Å². The van der Waals surface area contributed by atoms with Crippen molar-refractivity contribution in [2.24, 2.45) is 11.7 Å². The molecule has 0 spiro atoms. The summed E-state index contributed by atoms with van der Waals surface area (Å²) in [5.41, 5.74) is 6.76. The van der Waals surface area contributed by atoms with Gasteiger partial charge in [-0.15, -0.1) is 0 Å². The van der Waals surface area contributed by atoms with Crippen LogP contribution in [0.4, 0.5) is 16.2 Å². The number of nitriles is 1. The highest BCUT2D eigenvalue weighted by atomic mass is 19.1. The van der Waals surface area contributed by atoms with Gasteiger partial charge in [0.2, 0.25) is 11.9 Å². The minimum atomic E-state index is -0.257. The molecule has 1 fully saturated rings. The van der Waals surface area contributed by atoms with Gasteiger partial charge in [-0.2, -0.15) is 10.2 Å². The summed E-state index contributed by atoms with van der Waals surface area (Å²) in [6.45, 7) is 0.584. The van der Waals surface area contributed by atoms with Crippen molar-refractivity contribution >= 4 is 17.7 Å². The summed E-state index contributed by atoms with van der Waals surface area (Å²) in [6.07, 6.45) is 5.27. The second kappa shape index (κ2) is 9.13. The number of nitrogens with zero attached hydrogens (tertiary/aromatic N) is 3. The van der Waals surface area contributed by atoms with Gasteiger partial charge in [-0.3, -0.25) is 4.79 Å². The molecule has 1 heterocycles. The Morgan fingerprint density at radius 1 is 1.25 bits per heavy atom. The molecule has 1 saturated carbocycles. The summed E-state index contributed by atoms with van der Waals surface area (Å²) in [4.78, 5) is 19.9. The monoisotopic (exact) mass is 382 g/mol. The first-order valence-corrected chi connectivity index (χ1v) is 9.36. The number of benzene rings is 1. The Balaban J connectivity index is 1.58. The Labute approximate surface area is 163 Å². The second-order valence-electron chi connectivity index (χ2n) is 6.97. The molecule has 0 saturated heterocycles. The number of nitrogens with one attached hydrogen (secondary N) is 2. The normalized spacial score (nSPS) is 18.9. The van der Waals surface area contributed by atoms with E-state index in [9.17, 15) is 14.4 Å². The van der Waals surface area contributed by atoms with Crippen molar-refractivity contribution in [2.75, 3.05) is 17.2 Å². The molecule has 1 aromatic carbocycles. The van der Waals surface area contributed by atoms with Crippen LogP contribution in [0.3, 0.4) is 0 Å². The molecule has 1 aliphatic carbocycles. The van der Waals surface area contributed by atoms with Gasteiger partial charge in [0, 0.05) is 18.5 Å². The van der Waals surface area contributed by atoms with Crippen molar-refractivity contribution in [3.8, 4) is 6.07 Å². The number of anilines is 2. The highest BCUT2D eigenvalue weighted by Gasteiger charge is 2.25. The van der Waals surface area contributed by atoms with Crippen molar-refractivity contribution in [2.45, 2.75) is 38.1 Å². The minimum Gasteiger partial charge on any atom is -0.369 e. The molecule has 0 bridgehead atoms. The maximum absolute atomic E-state index is 13.0. The van der Waals surface area contributed by atoms with E-state index in [0.717, 1.165) is 31.2 Å². The SMILES string of the molecule is N#Cc1cnc(NCCc2ccc(F)cc2)nc1N[C@H]1CC[C@@H](C(N)=O)CC1. The van der Waals surface area contributed by atoms with E-state index in [-0.39, 0.29) is 23.7 Å². The predicted octanol–water partition coefficient (Wildman–Crippen LogP) is 2.60. The van der Waals surface area contributed by atoms with Gasteiger partial charge >= 0.3 is 0 Å². The van der Waals surface area contributed by atoms with Gasteiger partial charge in [-0.25, -0.2) is 9.37 Å². The lowest BCUT2D eigenvalue weighted by Crippen LogP contribution is -2.32. The van der Waals surface area contributed by atoms with E-state index in [1.807, 2.05) is 0 Å². The number of hydrogen-bond acceptors (Lipinski definition) is 6. The summed E-state index contributed by atoms with van der Waals surface area (Å²) in [7, 11) is 0. The zero-order valence-corrected chi connectivity index (χ0v) is 15.5. The van der Waals surface area contributed by atoms with E-state index in [2.05, 4.69) is 26.7 Å². The third-order valence-corrected chi connectivity index (χ3v) is 4.99. The molecule has 0 unspecified atom stereocenters. The summed E-state index contributed by atoms with van der Waals surface area (Å²) >= 11 is 0. The lowest BCUT2D eigenvalue weighted by molar-refractivity contribution is -0.122. The maximum atomic E-state index is 13.0. The van der Waals surface area contributed by atoms with Gasteiger partial charge in [-0.05, 0) is 49.8 Å². The zero-order valence-electron chi connectivity index (χ0n) is 15.5. The fourth-order valence-corrected chi connectivity index (χ4v) is 3.34. The van der Waals surface area contributed by atoms with Crippen molar-refractivity contribution in [3.05, 3.63) is 47.4 Å². The fourth-order valence-electron chi connectivity index (χ4n) is 3.34. The number of carbonyl (C=O) groups excluding carboxylic acids is 1. The number of nitrogens with two attached hydrogens (primary N) is 1. The number of rotatable bonds is 7. The summed E-state index contributed by atoms with van der Waals surface area (Å²) in [6, 6.07) is 8.60. The van der Waals surface area contributed by atoms with Crippen LogP contribution in [-0.2, 0) is 11.2 Å². The predicted molar refractivity (Wildman–Crippen MR) is 104 cm³/mol. The van der Waals surface area contributed by atoms with Crippen LogP contribution in [0.15, 0.2) is 30.5 Å². The average Bonchev–Trinajstić information content (AvgIpc) is 2.70. The Morgan fingerprint density at radius 3 is 2.61 bits per heavy atom. The van der Waals surface area contributed by atoms with E-state index in [4.69, 9.17) is 5.73 Å². The number of amides is 1. The molecule has 1 aromatic heterocycles. The number of carbonyl (C=O) groups is 1. The first kappa shape index (κ1) is 19.5. The lowest BCUT2D eigenvalue weighted by Gasteiger charge is -2.28. The van der Waals surface area contributed by atoms with Crippen molar-refractivity contribution in [3.63, 3.8) is 0 Å². The Hall–Kier alpha value is -3.21. The molecule has 0 radical (unpaired) electrons. The number of primary amides is 1. The maximum Gasteiger partial charge on any atom is 0.224 e. The molecule has 0 aliphatic heterocycles. The van der Waals surface area contributed by atoms with E-state index in [0.29, 0.717) is 30.3 Å². The average molecular weight is 382 g/mol. The molecule has 146 valence electrons. The molecule has 28 heavy (non-hydrogen) atoms. The van der Waals surface area contributed by atoms with Gasteiger partial charge in [0.25, 0.3) is 0 Å². The molecule has 4 N–H and O–H groups in total. The van der Waals surface area contributed by atoms with Crippen molar-refractivity contribution < 1.29 is 9.18 Å². The van der Waals surface area contributed by atoms with Crippen LogP contribution >= 0.6 is 0 Å². The van der Waals surface area contributed by atoms with E-state index >= 15 is 0 Å². The first-order chi connectivity index (χ1) is 13.5. The van der Waals surface area contributed by atoms with Gasteiger partial charge < -0.3 is 16.4 Å². The quantitative estimate of drug-likeness (QED) is 0.678. The van der Waals surface area contributed by atoms with Gasteiger partial charge in [0.05, 0.1) is 6.20 Å². The van der Waals surface area contributed by atoms with Gasteiger partial charge in [0.1, 0.15) is 23.3 Å². The molecule has 3 rings (SSSR count). The van der Waals surface area contributed by atoms with E-state index in [1.54, 1.807) is 12.1 Å². The molecule has 7 nitrogen and oxygen atoms in total. The highest BCUT2D eigenvalue weighted by Crippen LogP contribution is 2.27. The highest BCUT2D eigenvalue weighted by molar-refractivity contribution is 5.76. The molecule has 8 heteroatoms. The molecular formula is C20H23FN6O. The largest absolute Gasteiger partial charge is 0.369 e. The summed E-state index contributed by atoms with van der Waals surface area (Å²) < 4.78 is 13.0. The van der Waals surface area contributed by atoms with Crippen LogP contribution in [0.25, 0.3) is 0 Å². The number of hydrogen-bond donors (Lipinski definition) is 3. The van der Waals surface area contributed by atoms with Crippen LogP contribution in [0.5, 0.6) is 0 Å². The Bertz CT molecular complexity index is 856. The minimum absolute atomic E-state index is 0.0671. The topological polar surface area (TPSA) is 117 Å². The van der Waals surface area contributed by atoms with E-state index in [1.165, 1.54) is 18.3 Å². The van der Waals surface area contributed by atoms with Crippen LogP contribution in [-0.4, -0.2) is 28.5 Å². The van der Waals surface area contributed by atoms with Crippen molar-refractivity contribution in [1.29, 1.82) is 5.26 Å². The standard InChI is InChI=1S/C20H23FN6O/c21-16-5-1-13(2-6-16)9-10-24-20-25-12-15(11-22)19(27-20)26-17-7-3-14(4-8-17)18(23)28/h1-2,5-6,12,14,17H,3-4,7-10H2,(H2,23,28)(H2,24,25,26,27)/t14-,17+. The van der Waals surface area contributed by atoms with Crippen molar-refractivity contribution in [1.82, 2.24) is 9.97 Å². The zero-order chi connectivity index (χ0) is 19.9. The number of halogens is 1. The third-order valence-electron chi connectivity index (χ3n) is 4.99.